The third-order valence-electron chi connectivity index (χ3n) is 2.55. The first-order chi connectivity index (χ1) is 7.13. The first kappa shape index (κ1) is 14.2. The van der Waals surface area contributed by atoms with E-state index in [1.54, 1.807) is 0 Å². The molecular weight excluding hydrogens is 182 g/mol. The van der Waals surface area contributed by atoms with E-state index >= 15 is 0 Å². The van der Waals surface area contributed by atoms with E-state index in [0.29, 0.717) is 0 Å². The Hall–Kier alpha value is -0.820. The molecule has 0 rings (SSSR count). The SMILES string of the molecule is C=C(C)/C=C\C(=C/C)CC(CC)CNC. The predicted octanol–water partition coefficient (Wildman–Crippen LogP) is 3.70. The maximum Gasteiger partial charge on any atom is -0.00204 e. The van der Waals surface area contributed by atoms with Crippen LogP contribution in [0.2, 0.25) is 0 Å². The molecule has 86 valence electrons. The minimum Gasteiger partial charge on any atom is -0.319 e. The summed E-state index contributed by atoms with van der Waals surface area (Å²) in [6, 6.07) is 0. The Bertz CT molecular complexity index is 236. The molecule has 0 aliphatic heterocycles. The molecule has 0 amide bonds. The van der Waals surface area contributed by atoms with Crippen molar-refractivity contribution < 1.29 is 0 Å². The molecule has 1 heteroatoms. The summed E-state index contributed by atoms with van der Waals surface area (Å²) in [5.74, 6) is 0.732. The maximum atomic E-state index is 3.87. The van der Waals surface area contributed by atoms with Crippen molar-refractivity contribution in [3.63, 3.8) is 0 Å². The van der Waals surface area contributed by atoms with Crippen molar-refractivity contribution in [3.8, 4) is 0 Å². The van der Waals surface area contributed by atoms with Gasteiger partial charge in [0.25, 0.3) is 0 Å². The van der Waals surface area contributed by atoms with Crippen LogP contribution in [0.1, 0.15) is 33.6 Å². The normalized spacial score (nSPS) is 14.5. The zero-order valence-corrected chi connectivity index (χ0v) is 10.6. The number of rotatable bonds is 7. The van der Waals surface area contributed by atoms with Crippen molar-refractivity contribution in [1.29, 1.82) is 0 Å². The minimum absolute atomic E-state index is 0.732. The highest BCUT2D eigenvalue weighted by Crippen LogP contribution is 2.16. The monoisotopic (exact) mass is 207 g/mol. The van der Waals surface area contributed by atoms with E-state index in [4.69, 9.17) is 0 Å². The van der Waals surface area contributed by atoms with E-state index in [1.165, 1.54) is 12.0 Å². The lowest BCUT2D eigenvalue weighted by molar-refractivity contribution is 0.482. The lowest BCUT2D eigenvalue weighted by Gasteiger charge is -2.14. The van der Waals surface area contributed by atoms with Gasteiger partial charge >= 0.3 is 0 Å². The molecule has 0 aromatic carbocycles. The molecule has 1 unspecified atom stereocenters. The molecule has 0 heterocycles. The molecule has 1 nitrogen and oxygen atoms in total. The summed E-state index contributed by atoms with van der Waals surface area (Å²) in [6.45, 7) is 11.3. The van der Waals surface area contributed by atoms with Crippen molar-refractivity contribution in [1.82, 2.24) is 5.32 Å². The van der Waals surface area contributed by atoms with Gasteiger partial charge in [-0.25, -0.2) is 0 Å². The Morgan fingerprint density at radius 2 is 2.07 bits per heavy atom. The summed E-state index contributed by atoms with van der Waals surface area (Å²) >= 11 is 0. The molecule has 15 heavy (non-hydrogen) atoms. The van der Waals surface area contributed by atoms with Crippen LogP contribution in [0.4, 0.5) is 0 Å². The average molecular weight is 207 g/mol. The fraction of sp³-hybridized carbons (Fsp3) is 0.571. The third kappa shape index (κ3) is 7.15. The second-order valence-electron chi connectivity index (χ2n) is 4.08. The molecule has 0 bridgehead atoms. The molecule has 0 saturated carbocycles. The van der Waals surface area contributed by atoms with Crippen LogP contribution in [0, 0.1) is 5.92 Å². The van der Waals surface area contributed by atoms with Crippen LogP contribution in [-0.4, -0.2) is 13.6 Å². The molecule has 0 radical (unpaired) electrons. The number of allylic oxidation sites excluding steroid dienone is 5. The van der Waals surface area contributed by atoms with Crippen LogP contribution in [0.3, 0.4) is 0 Å². The first-order valence-corrected chi connectivity index (χ1v) is 5.77. The number of hydrogen-bond donors (Lipinski definition) is 1. The summed E-state index contributed by atoms with van der Waals surface area (Å²) in [5, 5.41) is 3.24. The van der Waals surface area contributed by atoms with Gasteiger partial charge < -0.3 is 5.32 Å². The second-order valence-corrected chi connectivity index (χ2v) is 4.08. The quantitative estimate of drug-likeness (QED) is 0.628. The van der Waals surface area contributed by atoms with Crippen LogP contribution in [0.25, 0.3) is 0 Å². The van der Waals surface area contributed by atoms with Gasteiger partial charge in [-0.05, 0) is 39.8 Å². The Kier molecular flexibility index (Phi) is 8.02. The van der Waals surface area contributed by atoms with Crippen LogP contribution in [-0.2, 0) is 0 Å². The average Bonchev–Trinajstić information content (AvgIpc) is 2.22. The zero-order chi connectivity index (χ0) is 11.7. The van der Waals surface area contributed by atoms with Gasteiger partial charge in [0.2, 0.25) is 0 Å². The van der Waals surface area contributed by atoms with Crippen LogP contribution in [0.15, 0.2) is 36.0 Å². The minimum atomic E-state index is 0.732. The van der Waals surface area contributed by atoms with Gasteiger partial charge in [-0.1, -0.05) is 49.3 Å². The molecule has 0 aromatic rings. The lowest BCUT2D eigenvalue weighted by atomic mass is 9.96. The third-order valence-corrected chi connectivity index (χ3v) is 2.55. The van der Waals surface area contributed by atoms with Crippen molar-refractivity contribution in [3.05, 3.63) is 36.0 Å². The topological polar surface area (TPSA) is 12.0 Å². The Balaban J connectivity index is 4.25. The molecule has 0 saturated heterocycles. The highest BCUT2D eigenvalue weighted by molar-refractivity contribution is 5.25. The summed E-state index contributed by atoms with van der Waals surface area (Å²) in [7, 11) is 2.02. The van der Waals surface area contributed by atoms with E-state index < -0.39 is 0 Å². The largest absolute Gasteiger partial charge is 0.319 e. The molecule has 0 aliphatic rings. The van der Waals surface area contributed by atoms with Gasteiger partial charge in [0.15, 0.2) is 0 Å². The van der Waals surface area contributed by atoms with Crippen molar-refractivity contribution >= 4 is 0 Å². The van der Waals surface area contributed by atoms with Crippen molar-refractivity contribution in [2.24, 2.45) is 5.92 Å². The first-order valence-electron chi connectivity index (χ1n) is 5.77. The molecular formula is C14H25N. The Morgan fingerprint density at radius 3 is 2.47 bits per heavy atom. The molecule has 1 N–H and O–H groups in total. The van der Waals surface area contributed by atoms with E-state index in [2.05, 4.69) is 44.0 Å². The van der Waals surface area contributed by atoms with Gasteiger partial charge in [-0.15, -0.1) is 0 Å². The van der Waals surface area contributed by atoms with Crippen molar-refractivity contribution in [2.45, 2.75) is 33.6 Å². The predicted molar refractivity (Wildman–Crippen MR) is 70.0 cm³/mol. The van der Waals surface area contributed by atoms with Crippen molar-refractivity contribution in [2.75, 3.05) is 13.6 Å². The highest BCUT2D eigenvalue weighted by atomic mass is 14.8. The summed E-state index contributed by atoms with van der Waals surface area (Å²) in [5.41, 5.74) is 2.51. The van der Waals surface area contributed by atoms with Crippen LogP contribution >= 0.6 is 0 Å². The van der Waals surface area contributed by atoms with Crippen LogP contribution in [0.5, 0.6) is 0 Å². The lowest BCUT2D eigenvalue weighted by Crippen LogP contribution is -2.18. The second kappa shape index (κ2) is 8.49. The molecule has 1 atom stereocenters. The standard InChI is InChI=1S/C14H25N/c1-6-13(9-8-12(3)4)10-14(7-2)11-15-5/h6,8-9,14-15H,3,7,10-11H2,1-2,4-5H3/b9-8-,13-6+. The fourth-order valence-electron chi connectivity index (χ4n) is 1.51. The number of nitrogens with one attached hydrogen (secondary N) is 1. The zero-order valence-electron chi connectivity index (χ0n) is 10.6. The molecule has 0 aromatic heterocycles. The summed E-state index contributed by atoms with van der Waals surface area (Å²) in [4.78, 5) is 0. The summed E-state index contributed by atoms with van der Waals surface area (Å²) in [6.07, 6.45) is 8.83. The van der Waals surface area contributed by atoms with E-state index in [9.17, 15) is 0 Å². The van der Waals surface area contributed by atoms with E-state index in [0.717, 1.165) is 24.5 Å². The van der Waals surface area contributed by atoms with E-state index in [1.807, 2.05) is 14.0 Å². The highest BCUT2D eigenvalue weighted by Gasteiger charge is 2.05. The van der Waals surface area contributed by atoms with E-state index in [-0.39, 0.29) is 0 Å². The summed E-state index contributed by atoms with van der Waals surface area (Å²) < 4.78 is 0. The van der Waals surface area contributed by atoms with Crippen LogP contribution < -0.4 is 5.32 Å². The Labute approximate surface area is 95.0 Å². The Morgan fingerprint density at radius 1 is 1.40 bits per heavy atom. The van der Waals surface area contributed by atoms with Gasteiger partial charge in [-0.2, -0.15) is 0 Å². The molecule has 0 fully saturated rings. The van der Waals surface area contributed by atoms with Gasteiger partial charge in [-0.3, -0.25) is 0 Å². The fourth-order valence-corrected chi connectivity index (χ4v) is 1.51. The number of hydrogen-bond acceptors (Lipinski definition) is 1. The maximum absolute atomic E-state index is 3.87. The van der Waals surface area contributed by atoms with Gasteiger partial charge in [0, 0.05) is 0 Å². The molecule has 0 aliphatic carbocycles. The smallest absolute Gasteiger partial charge is 0.00204 e. The molecule has 0 spiro atoms. The van der Waals surface area contributed by atoms with Gasteiger partial charge in [0.05, 0.1) is 0 Å². The van der Waals surface area contributed by atoms with Gasteiger partial charge in [0.1, 0.15) is 0 Å².